The van der Waals surface area contributed by atoms with E-state index in [0.717, 1.165) is 6.54 Å². The first-order valence-electron chi connectivity index (χ1n) is 10.4. The molecule has 1 N–H and O–H groups in total. The van der Waals surface area contributed by atoms with Crippen LogP contribution >= 0.6 is 11.8 Å². The molecule has 0 heterocycles. The van der Waals surface area contributed by atoms with Gasteiger partial charge < -0.3 is 0 Å². The van der Waals surface area contributed by atoms with Crippen molar-refractivity contribution in [2.45, 2.75) is 124 Å². The van der Waals surface area contributed by atoms with Crippen LogP contribution in [0.3, 0.4) is 0 Å². The highest BCUT2D eigenvalue weighted by Crippen LogP contribution is 2.22. The van der Waals surface area contributed by atoms with Crippen LogP contribution in [0.4, 0.5) is 0 Å². The van der Waals surface area contributed by atoms with E-state index >= 15 is 0 Å². The second-order valence-electron chi connectivity index (χ2n) is 8.50. The van der Waals surface area contributed by atoms with E-state index in [2.05, 4.69) is 25.6 Å². The van der Waals surface area contributed by atoms with Crippen LogP contribution in [0.1, 0.15) is 124 Å². The molecular weight excluding hydrogens is 302 g/mol. The van der Waals surface area contributed by atoms with Gasteiger partial charge in [-0.15, -0.1) is 0 Å². The molecule has 0 atom stereocenters. The Morgan fingerprint density at radius 1 is 0.522 bits per heavy atom. The van der Waals surface area contributed by atoms with Gasteiger partial charge in [0, 0.05) is 6.54 Å². The van der Waals surface area contributed by atoms with Crippen LogP contribution in [0.5, 0.6) is 0 Å². The van der Waals surface area contributed by atoms with Crippen molar-refractivity contribution in [3.05, 3.63) is 0 Å². The fourth-order valence-electron chi connectivity index (χ4n) is 3.15. The number of rotatable bonds is 17. The number of halogens is 1. The third-order valence-electron chi connectivity index (χ3n) is 4.70. The minimum absolute atomic E-state index is 0.529. The first-order chi connectivity index (χ1) is 11.1. The molecule has 0 aromatic heterocycles. The fourth-order valence-corrected chi connectivity index (χ4v) is 3.28. The number of hydrogen-bond acceptors (Lipinski definition) is 1. The molecule has 23 heavy (non-hydrogen) atoms. The van der Waals surface area contributed by atoms with Crippen LogP contribution in [0.2, 0.25) is 0 Å². The predicted molar refractivity (Wildman–Crippen MR) is 107 cm³/mol. The lowest BCUT2D eigenvalue weighted by Crippen LogP contribution is -2.03. The minimum atomic E-state index is 0.529. The smallest absolute Gasteiger partial charge is 0.0108 e. The van der Waals surface area contributed by atoms with Crippen LogP contribution < -0.4 is 4.84 Å². The third kappa shape index (κ3) is 22.2. The highest BCUT2D eigenvalue weighted by atomic mass is 35.5. The lowest BCUT2D eigenvalue weighted by Gasteiger charge is -2.17. The molecule has 0 aliphatic rings. The first-order valence-corrected chi connectivity index (χ1v) is 10.8. The fraction of sp³-hybridized carbons (Fsp3) is 1.00. The third-order valence-corrected chi connectivity index (χ3v) is 4.89. The molecule has 140 valence electrons. The summed E-state index contributed by atoms with van der Waals surface area (Å²) in [5, 5.41) is 0. The summed E-state index contributed by atoms with van der Waals surface area (Å²) in [6.07, 6.45) is 22.7. The molecule has 0 aliphatic carbocycles. The van der Waals surface area contributed by atoms with Gasteiger partial charge in [-0.2, -0.15) is 0 Å². The predicted octanol–water partition coefficient (Wildman–Crippen LogP) is 8.02. The van der Waals surface area contributed by atoms with E-state index in [-0.39, 0.29) is 0 Å². The molecule has 0 spiro atoms. The van der Waals surface area contributed by atoms with Gasteiger partial charge in [0.15, 0.2) is 0 Å². The Balaban J connectivity index is 3.00. The van der Waals surface area contributed by atoms with Crippen molar-refractivity contribution in [3.8, 4) is 0 Å². The Labute approximate surface area is 152 Å². The molecule has 0 rings (SSSR count). The van der Waals surface area contributed by atoms with Crippen molar-refractivity contribution in [1.82, 2.24) is 4.84 Å². The average Bonchev–Trinajstić information content (AvgIpc) is 2.49. The lowest BCUT2D eigenvalue weighted by atomic mass is 9.89. The minimum Gasteiger partial charge on any atom is -0.234 e. The monoisotopic (exact) mass is 345 g/mol. The van der Waals surface area contributed by atoms with Gasteiger partial charge >= 0.3 is 0 Å². The quantitative estimate of drug-likeness (QED) is 0.208. The molecule has 0 aliphatic heterocycles. The number of nitrogens with one attached hydrogen (secondary N) is 1. The average molecular weight is 346 g/mol. The van der Waals surface area contributed by atoms with E-state index in [0.29, 0.717) is 5.41 Å². The highest BCUT2D eigenvalue weighted by molar-refractivity contribution is 6.13. The van der Waals surface area contributed by atoms with Crippen molar-refractivity contribution >= 4 is 11.8 Å². The Bertz CT molecular complexity index is 222. The van der Waals surface area contributed by atoms with Crippen molar-refractivity contribution in [1.29, 1.82) is 0 Å². The maximum absolute atomic E-state index is 5.43. The van der Waals surface area contributed by atoms with E-state index in [4.69, 9.17) is 11.8 Å². The number of hydrogen-bond donors (Lipinski definition) is 1. The van der Waals surface area contributed by atoms with Crippen LogP contribution in [-0.2, 0) is 0 Å². The molecule has 0 aromatic rings. The Kier molecular flexibility index (Phi) is 17.3. The Morgan fingerprint density at radius 3 is 1.13 bits per heavy atom. The van der Waals surface area contributed by atoms with Crippen molar-refractivity contribution in [2.75, 3.05) is 6.54 Å². The summed E-state index contributed by atoms with van der Waals surface area (Å²) in [7, 11) is 0. The van der Waals surface area contributed by atoms with Gasteiger partial charge in [-0.05, 0) is 30.0 Å². The molecule has 0 fully saturated rings. The Morgan fingerprint density at radius 2 is 0.826 bits per heavy atom. The molecule has 1 nitrogen and oxygen atoms in total. The Hall–Kier alpha value is 0.250. The normalized spacial score (nSPS) is 12.0. The van der Waals surface area contributed by atoms with Gasteiger partial charge in [0.05, 0.1) is 0 Å². The largest absolute Gasteiger partial charge is 0.234 e. The topological polar surface area (TPSA) is 12.0 Å². The summed E-state index contributed by atoms with van der Waals surface area (Å²) in [5.41, 5.74) is 0.529. The summed E-state index contributed by atoms with van der Waals surface area (Å²) in [6.45, 7) is 8.02. The van der Waals surface area contributed by atoms with E-state index in [1.165, 1.54) is 103 Å². The molecule has 0 amide bonds. The van der Waals surface area contributed by atoms with Gasteiger partial charge in [0.1, 0.15) is 0 Å². The van der Waals surface area contributed by atoms with Gasteiger partial charge in [0.2, 0.25) is 0 Å². The molecule has 0 aromatic carbocycles. The van der Waals surface area contributed by atoms with E-state index in [1.807, 2.05) is 0 Å². The molecule has 0 bridgehead atoms. The summed E-state index contributed by atoms with van der Waals surface area (Å²) in [6, 6.07) is 0. The molecular formula is C21H44ClN. The van der Waals surface area contributed by atoms with Crippen LogP contribution in [-0.4, -0.2) is 6.54 Å². The molecule has 0 unspecified atom stereocenters. The zero-order chi connectivity index (χ0) is 17.2. The van der Waals surface area contributed by atoms with E-state index in [1.54, 1.807) is 0 Å². The van der Waals surface area contributed by atoms with E-state index in [9.17, 15) is 0 Å². The van der Waals surface area contributed by atoms with Gasteiger partial charge in [-0.1, -0.05) is 111 Å². The second-order valence-corrected chi connectivity index (χ2v) is 8.76. The zero-order valence-electron chi connectivity index (χ0n) is 16.4. The summed E-state index contributed by atoms with van der Waals surface area (Å²) in [5.74, 6) is 0. The number of unbranched alkanes of at least 4 members (excludes halogenated alkanes) is 14. The lowest BCUT2D eigenvalue weighted by molar-refractivity contribution is 0.356. The SMILES string of the molecule is CC(C)(C)CCCCCCCCCCCCCCCCCNCl. The van der Waals surface area contributed by atoms with Crippen LogP contribution in [0.15, 0.2) is 0 Å². The maximum Gasteiger partial charge on any atom is 0.0108 e. The first kappa shape index (κ1) is 23.2. The van der Waals surface area contributed by atoms with Crippen molar-refractivity contribution < 1.29 is 0 Å². The van der Waals surface area contributed by atoms with Crippen molar-refractivity contribution in [3.63, 3.8) is 0 Å². The van der Waals surface area contributed by atoms with Gasteiger partial charge in [-0.25, -0.2) is 4.84 Å². The maximum atomic E-state index is 5.43. The molecule has 0 radical (unpaired) electrons. The zero-order valence-corrected chi connectivity index (χ0v) is 17.2. The van der Waals surface area contributed by atoms with Crippen molar-refractivity contribution in [2.24, 2.45) is 5.41 Å². The summed E-state index contributed by atoms with van der Waals surface area (Å²) in [4.78, 5) is 2.70. The molecule has 0 saturated carbocycles. The summed E-state index contributed by atoms with van der Waals surface area (Å²) >= 11 is 5.43. The standard InChI is InChI=1S/C21H44ClN/c1-21(2,3)19-17-15-13-11-9-7-5-4-6-8-10-12-14-16-18-20-23-22/h23H,4-20H2,1-3H3. The van der Waals surface area contributed by atoms with E-state index < -0.39 is 0 Å². The van der Waals surface area contributed by atoms with Gasteiger partial charge in [-0.3, -0.25) is 0 Å². The molecule has 2 heteroatoms. The van der Waals surface area contributed by atoms with Crippen LogP contribution in [0.25, 0.3) is 0 Å². The van der Waals surface area contributed by atoms with Crippen LogP contribution in [0, 0.1) is 5.41 Å². The second kappa shape index (κ2) is 17.1. The molecule has 0 saturated heterocycles. The summed E-state index contributed by atoms with van der Waals surface area (Å²) < 4.78 is 0. The highest BCUT2D eigenvalue weighted by Gasteiger charge is 2.08. The van der Waals surface area contributed by atoms with Gasteiger partial charge in [0.25, 0.3) is 0 Å².